The average Bonchev–Trinajstić information content (AvgIpc) is 2.26. The van der Waals surface area contributed by atoms with E-state index < -0.39 is 11.4 Å². The van der Waals surface area contributed by atoms with Crippen LogP contribution in [0.4, 0.5) is 0 Å². The van der Waals surface area contributed by atoms with Crippen LogP contribution in [-0.4, -0.2) is 17.9 Å². The number of rotatable bonds is 3. The van der Waals surface area contributed by atoms with Gasteiger partial charge in [-0.25, -0.2) is 0 Å². The molecule has 0 aliphatic carbocycles. The third-order valence-corrected chi connectivity index (χ3v) is 3.69. The van der Waals surface area contributed by atoms with Crippen molar-refractivity contribution < 1.29 is 19.4 Å². The van der Waals surface area contributed by atoms with Crippen molar-refractivity contribution in [1.29, 1.82) is 0 Å². The maximum absolute atomic E-state index is 11.0. The summed E-state index contributed by atoms with van der Waals surface area (Å²) >= 11 is 3.50. The summed E-state index contributed by atoms with van der Waals surface area (Å²) in [4.78, 5) is 11.0. The van der Waals surface area contributed by atoms with Gasteiger partial charge >= 0.3 is 5.97 Å². The number of carbonyl (C=O) groups is 1. The molecular weight excluding hydrogens is 300 g/mol. The van der Waals surface area contributed by atoms with Gasteiger partial charge in [0.25, 0.3) is 0 Å². The molecule has 1 N–H and O–H groups in total. The third kappa shape index (κ3) is 2.52. The first-order valence-electron chi connectivity index (χ1n) is 5.66. The first-order valence-corrected chi connectivity index (χ1v) is 6.45. The smallest absolute Gasteiger partial charge is 0.304 e. The first kappa shape index (κ1) is 13.4. The highest BCUT2D eigenvalue weighted by Gasteiger charge is 2.31. The topological polar surface area (TPSA) is 55.8 Å². The number of carboxylic acid groups (broad SMARTS) is 1. The molecule has 0 saturated heterocycles. The second kappa shape index (κ2) is 4.90. The monoisotopic (exact) mass is 314 g/mol. The number of aliphatic carboxylic acids is 1. The summed E-state index contributed by atoms with van der Waals surface area (Å²) in [5.41, 5.74) is 1.39. The van der Waals surface area contributed by atoms with E-state index >= 15 is 0 Å². The van der Waals surface area contributed by atoms with Crippen molar-refractivity contribution in [1.82, 2.24) is 0 Å². The Bertz CT molecular complexity index is 482. The van der Waals surface area contributed by atoms with Gasteiger partial charge in [-0.1, -0.05) is 29.8 Å². The number of benzene rings is 1. The molecule has 1 aromatic rings. The molecule has 1 aliphatic rings. The van der Waals surface area contributed by atoms with Crippen LogP contribution in [0.5, 0.6) is 5.75 Å². The van der Waals surface area contributed by atoms with Crippen LogP contribution < -0.4 is 4.74 Å². The van der Waals surface area contributed by atoms with Crippen molar-refractivity contribution in [3.63, 3.8) is 0 Å². The van der Waals surface area contributed by atoms with E-state index in [1.54, 1.807) is 0 Å². The Balaban J connectivity index is 2.51. The molecule has 0 bridgehead atoms. The predicted molar refractivity (Wildman–Crippen MR) is 69.7 cm³/mol. The van der Waals surface area contributed by atoms with E-state index in [4.69, 9.17) is 14.6 Å². The molecule has 0 aromatic heterocycles. The highest BCUT2D eigenvalue weighted by molar-refractivity contribution is 9.10. The molecule has 0 fully saturated rings. The van der Waals surface area contributed by atoms with E-state index in [0.717, 1.165) is 21.3 Å². The molecule has 0 atom stereocenters. The Kier molecular flexibility index (Phi) is 3.64. The SMILES string of the molecule is CC(C)(CC(=O)O)c1c(Br)ccc2c1COCO2. The maximum atomic E-state index is 11.0. The van der Waals surface area contributed by atoms with Crippen LogP contribution in [0.15, 0.2) is 16.6 Å². The number of hydrogen-bond donors (Lipinski definition) is 1. The Labute approximate surface area is 114 Å². The normalized spacial score (nSPS) is 14.8. The van der Waals surface area contributed by atoms with Crippen LogP contribution in [0.2, 0.25) is 0 Å². The Morgan fingerprint density at radius 3 is 2.89 bits per heavy atom. The van der Waals surface area contributed by atoms with E-state index in [1.165, 1.54) is 0 Å². The van der Waals surface area contributed by atoms with Gasteiger partial charge in [0.1, 0.15) is 5.75 Å². The highest BCUT2D eigenvalue weighted by Crippen LogP contribution is 2.41. The van der Waals surface area contributed by atoms with E-state index in [2.05, 4.69) is 15.9 Å². The molecule has 0 spiro atoms. The zero-order valence-electron chi connectivity index (χ0n) is 10.3. The summed E-state index contributed by atoms with van der Waals surface area (Å²) in [7, 11) is 0. The highest BCUT2D eigenvalue weighted by atomic mass is 79.9. The van der Waals surface area contributed by atoms with Gasteiger partial charge in [0.2, 0.25) is 0 Å². The lowest BCUT2D eigenvalue weighted by atomic mass is 9.79. The second-order valence-electron chi connectivity index (χ2n) is 4.96. The molecule has 0 saturated carbocycles. The lowest BCUT2D eigenvalue weighted by molar-refractivity contribution is -0.138. The molecule has 4 nitrogen and oxygen atoms in total. The minimum Gasteiger partial charge on any atom is -0.481 e. The second-order valence-corrected chi connectivity index (χ2v) is 5.82. The summed E-state index contributed by atoms with van der Waals surface area (Å²) < 4.78 is 11.6. The number of fused-ring (bicyclic) bond motifs is 1. The predicted octanol–water partition coefficient (Wildman–Crippen LogP) is 3.07. The van der Waals surface area contributed by atoms with Gasteiger partial charge in [-0.3, -0.25) is 4.79 Å². The van der Waals surface area contributed by atoms with Crippen molar-refractivity contribution >= 4 is 21.9 Å². The van der Waals surface area contributed by atoms with Gasteiger partial charge in [0.05, 0.1) is 13.0 Å². The molecule has 18 heavy (non-hydrogen) atoms. The van der Waals surface area contributed by atoms with E-state index in [-0.39, 0.29) is 13.2 Å². The Morgan fingerprint density at radius 2 is 2.22 bits per heavy atom. The number of hydrogen-bond acceptors (Lipinski definition) is 3. The van der Waals surface area contributed by atoms with Gasteiger partial charge in [-0.2, -0.15) is 0 Å². The van der Waals surface area contributed by atoms with Crippen molar-refractivity contribution in [2.45, 2.75) is 32.3 Å². The van der Waals surface area contributed by atoms with E-state index in [1.807, 2.05) is 26.0 Å². The first-order chi connectivity index (χ1) is 8.42. The fourth-order valence-corrected chi connectivity index (χ4v) is 3.23. The summed E-state index contributed by atoms with van der Waals surface area (Å²) in [6, 6.07) is 3.77. The van der Waals surface area contributed by atoms with E-state index in [0.29, 0.717) is 6.61 Å². The molecule has 98 valence electrons. The average molecular weight is 315 g/mol. The molecular formula is C13H15BrO4. The zero-order valence-corrected chi connectivity index (χ0v) is 11.9. The van der Waals surface area contributed by atoms with Crippen LogP contribution in [0.3, 0.4) is 0 Å². The molecule has 1 heterocycles. The van der Waals surface area contributed by atoms with Crippen LogP contribution in [0.25, 0.3) is 0 Å². The van der Waals surface area contributed by atoms with Crippen molar-refractivity contribution in [3.8, 4) is 5.75 Å². The standard InChI is InChI=1S/C13H15BrO4/c1-13(2,5-11(15)16)12-8-6-17-7-18-10(8)4-3-9(12)14/h3-4H,5-7H2,1-2H3,(H,15,16). The minimum atomic E-state index is -0.817. The summed E-state index contributed by atoms with van der Waals surface area (Å²) in [5, 5.41) is 9.03. The molecule has 0 amide bonds. The molecule has 0 radical (unpaired) electrons. The van der Waals surface area contributed by atoms with Crippen LogP contribution in [0, 0.1) is 0 Å². The van der Waals surface area contributed by atoms with Gasteiger partial charge in [-0.15, -0.1) is 0 Å². The number of ether oxygens (including phenoxy) is 2. The van der Waals surface area contributed by atoms with Crippen molar-refractivity contribution in [2.75, 3.05) is 6.79 Å². The largest absolute Gasteiger partial charge is 0.481 e. The molecule has 1 aliphatic heterocycles. The van der Waals surface area contributed by atoms with Crippen molar-refractivity contribution in [2.24, 2.45) is 0 Å². The number of carboxylic acids is 1. The quantitative estimate of drug-likeness (QED) is 0.931. The molecule has 1 aromatic carbocycles. The Morgan fingerprint density at radius 1 is 1.50 bits per heavy atom. The fraction of sp³-hybridized carbons (Fsp3) is 0.462. The zero-order chi connectivity index (χ0) is 13.3. The van der Waals surface area contributed by atoms with Gasteiger partial charge in [0.15, 0.2) is 6.79 Å². The number of halogens is 1. The maximum Gasteiger partial charge on any atom is 0.304 e. The summed E-state index contributed by atoms with van der Waals surface area (Å²) in [6.07, 6.45) is 0.0576. The third-order valence-electron chi connectivity index (χ3n) is 3.03. The van der Waals surface area contributed by atoms with Crippen LogP contribution >= 0.6 is 15.9 Å². The summed E-state index contributed by atoms with van der Waals surface area (Å²) in [6.45, 7) is 4.52. The van der Waals surface area contributed by atoms with Crippen LogP contribution in [0.1, 0.15) is 31.4 Å². The summed E-state index contributed by atoms with van der Waals surface area (Å²) in [5.74, 6) is -0.0416. The van der Waals surface area contributed by atoms with Gasteiger partial charge in [0, 0.05) is 15.5 Å². The van der Waals surface area contributed by atoms with Crippen LogP contribution in [-0.2, 0) is 21.6 Å². The Hall–Kier alpha value is -1.07. The van der Waals surface area contributed by atoms with Crippen molar-refractivity contribution in [3.05, 3.63) is 27.7 Å². The lowest BCUT2D eigenvalue weighted by Gasteiger charge is -2.30. The van der Waals surface area contributed by atoms with E-state index in [9.17, 15) is 4.79 Å². The minimum absolute atomic E-state index is 0.0576. The molecule has 2 rings (SSSR count). The lowest BCUT2D eigenvalue weighted by Crippen LogP contribution is -2.26. The molecule has 5 heteroatoms. The van der Waals surface area contributed by atoms with Gasteiger partial charge < -0.3 is 14.6 Å². The van der Waals surface area contributed by atoms with Gasteiger partial charge in [-0.05, 0) is 17.7 Å². The molecule has 0 unspecified atom stereocenters. The fourth-order valence-electron chi connectivity index (χ4n) is 2.33.